The Morgan fingerprint density at radius 1 is 1.43 bits per heavy atom. The summed E-state index contributed by atoms with van der Waals surface area (Å²) >= 11 is 0. The van der Waals surface area contributed by atoms with Crippen molar-refractivity contribution in [1.29, 1.82) is 0 Å². The van der Waals surface area contributed by atoms with E-state index in [1.54, 1.807) is 0 Å². The van der Waals surface area contributed by atoms with Gasteiger partial charge in [-0.25, -0.2) is 4.79 Å². The highest BCUT2D eigenvalue weighted by atomic mass is 16.7. The zero-order valence-electron chi connectivity index (χ0n) is 8.91. The highest BCUT2D eigenvalue weighted by Gasteiger charge is 2.60. The smallest absolute Gasteiger partial charge is 0.338 e. The Bertz CT molecular complexity index is 239. The Morgan fingerprint density at radius 2 is 2.21 bits per heavy atom. The topological polar surface area (TPSA) is 38.8 Å². The molecule has 1 saturated carbocycles. The zero-order chi connectivity index (χ0) is 10.2. The molecule has 2 fully saturated rings. The minimum atomic E-state index is -0.266. The van der Waals surface area contributed by atoms with Crippen molar-refractivity contribution in [2.45, 2.75) is 50.7 Å². The van der Waals surface area contributed by atoms with E-state index in [1.165, 1.54) is 26.4 Å². The fraction of sp³-hybridized carbons (Fsp3) is 0.909. The summed E-state index contributed by atoms with van der Waals surface area (Å²) in [7, 11) is 1.43. The quantitative estimate of drug-likeness (QED) is 0.477. The van der Waals surface area contributed by atoms with Crippen LogP contribution in [0.25, 0.3) is 0 Å². The van der Waals surface area contributed by atoms with Crippen LogP contribution in [0.3, 0.4) is 0 Å². The van der Waals surface area contributed by atoms with E-state index in [4.69, 9.17) is 9.47 Å². The first-order valence-electron chi connectivity index (χ1n) is 5.43. The van der Waals surface area contributed by atoms with Crippen molar-refractivity contribution >= 4 is 5.97 Å². The molecule has 0 N–H and O–H groups in total. The predicted octanol–water partition coefficient (Wildman–Crippen LogP) is 1.90. The maximum atomic E-state index is 11.3. The summed E-state index contributed by atoms with van der Waals surface area (Å²) in [4.78, 5) is 11.3. The van der Waals surface area contributed by atoms with E-state index in [9.17, 15) is 4.79 Å². The van der Waals surface area contributed by atoms with E-state index in [2.05, 4.69) is 6.92 Å². The normalized spacial score (nSPS) is 41.9. The molecular formula is C11H18O3. The first-order valence-corrected chi connectivity index (χ1v) is 5.43. The second kappa shape index (κ2) is 3.54. The van der Waals surface area contributed by atoms with Gasteiger partial charge in [-0.1, -0.05) is 19.8 Å². The molecule has 3 atom stereocenters. The molecular weight excluding hydrogens is 180 g/mol. The lowest BCUT2D eigenvalue weighted by atomic mass is 9.95. The number of esters is 1. The molecule has 1 spiro atoms. The summed E-state index contributed by atoms with van der Waals surface area (Å²) in [6.45, 7) is 2.27. The number of methoxy groups -OCH3 is 1. The van der Waals surface area contributed by atoms with E-state index in [1.807, 2.05) is 0 Å². The first-order chi connectivity index (χ1) is 6.68. The van der Waals surface area contributed by atoms with Crippen molar-refractivity contribution in [2.24, 2.45) is 5.92 Å². The fourth-order valence-electron chi connectivity index (χ4n) is 2.46. The van der Waals surface area contributed by atoms with Gasteiger partial charge in [0.25, 0.3) is 0 Å². The van der Waals surface area contributed by atoms with Crippen molar-refractivity contribution in [3.05, 3.63) is 0 Å². The van der Waals surface area contributed by atoms with Crippen molar-refractivity contribution in [2.75, 3.05) is 7.11 Å². The Labute approximate surface area is 84.8 Å². The van der Waals surface area contributed by atoms with Gasteiger partial charge in [0.15, 0.2) is 6.10 Å². The second-order valence-corrected chi connectivity index (χ2v) is 4.62. The van der Waals surface area contributed by atoms with Crippen molar-refractivity contribution < 1.29 is 14.3 Å². The highest BCUT2D eigenvalue weighted by molar-refractivity contribution is 5.79. The largest absolute Gasteiger partial charge is 0.467 e. The molecule has 0 radical (unpaired) electrons. The molecule has 1 aliphatic carbocycles. The number of ether oxygens (including phenoxy) is 2. The Hall–Kier alpha value is -0.570. The molecule has 1 heterocycles. The SMILES string of the molecule is COC(=O)C1OC12CCCC(C)CC2. The standard InChI is InChI=1S/C11H18O3/c1-8-4-3-6-11(7-5-8)9(14-11)10(12)13-2/h8-9H,3-7H2,1-2H3. The molecule has 3 unspecified atom stereocenters. The Balaban J connectivity index is 1.95. The van der Waals surface area contributed by atoms with Gasteiger partial charge < -0.3 is 9.47 Å². The molecule has 0 amide bonds. The molecule has 2 aliphatic rings. The fourth-order valence-corrected chi connectivity index (χ4v) is 2.46. The lowest BCUT2D eigenvalue weighted by Crippen LogP contribution is -2.21. The summed E-state index contributed by atoms with van der Waals surface area (Å²) in [6.07, 6.45) is 5.39. The van der Waals surface area contributed by atoms with Gasteiger partial charge in [0, 0.05) is 0 Å². The van der Waals surface area contributed by atoms with Gasteiger partial charge in [-0.15, -0.1) is 0 Å². The average molecular weight is 198 g/mol. The van der Waals surface area contributed by atoms with E-state index < -0.39 is 0 Å². The van der Waals surface area contributed by atoms with E-state index >= 15 is 0 Å². The van der Waals surface area contributed by atoms with Gasteiger partial charge in [0.1, 0.15) is 5.60 Å². The number of epoxide rings is 1. The molecule has 1 saturated heterocycles. The van der Waals surface area contributed by atoms with Crippen LogP contribution in [0.1, 0.15) is 39.0 Å². The molecule has 0 aromatic carbocycles. The van der Waals surface area contributed by atoms with Crippen LogP contribution in [0.15, 0.2) is 0 Å². The van der Waals surface area contributed by atoms with Crippen LogP contribution in [0, 0.1) is 5.92 Å². The number of carbonyl (C=O) groups excluding carboxylic acids is 1. The minimum absolute atomic E-state index is 0.141. The number of carbonyl (C=O) groups is 1. The van der Waals surface area contributed by atoms with E-state index in [-0.39, 0.29) is 17.7 Å². The summed E-state index contributed by atoms with van der Waals surface area (Å²) in [6, 6.07) is 0. The van der Waals surface area contributed by atoms with E-state index in [0.717, 1.165) is 18.8 Å². The molecule has 0 aromatic rings. The molecule has 14 heavy (non-hydrogen) atoms. The summed E-state index contributed by atoms with van der Waals surface area (Å²) in [5.41, 5.74) is -0.141. The zero-order valence-corrected chi connectivity index (χ0v) is 8.91. The predicted molar refractivity (Wildman–Crippen MR) is 51.9 cm³/mol. The molecule has 2 rings (SSSR count). The molecule has 0 bridgehead atoms. The second-order valence-electron chi connectivity index (χ2n) is 4.62. The van der Waals surface area contributed by atoms with Crippen LogP contribution in [-0.2, 0) is 14.3 Å². The van der Waals surface area contributed by atoms with Crippen molar-refractivity contribution in [3.63, 3.8) is 0 Å². The van der Waals surface area contributed by atoms with Crippen LogP contribution in [0.2, 0.25) is 0 Å². The highest BCUT2D eigenvalue weighted by Crippen LogP contribution is 2.48. The lowest BCUT2D eigenvalue weighted by Gasteiger charge is -2.07. The lowest BCUT2D eigenvalue weighted by molar-refractivity contribution is -0.142. The van der Waals surface area contributed by atoms with Crippen LogP contribution in [0.5, 0.6) is 0 Å². The summed E-state index contributed by atoms with van der Waals surface area (Å²) in [5, 5.41) is 0. The minimum Gasteiger partial charge on any atom is -0.467 e. The third kappa shape index (κ3) is 1.65. The van der Waals surface area contributed by atoms with Crippen molar-refractivity contribution in [3.8, 4) is 0 Å². The van der Waals surface area contributed by atoms with Crippen molar-refractivity contribution in [1.82, 2.24) is 0 Å². The molecule has 0 aromatic heterocycles. The van der Waals surface area contributed by atoms with Crippen LogP contribution in [-0.4, -0.2) is 24.8 Å². The van der Waals surface area contributed by atoms with Gasteiger partial charge in [0.2, 0.25) is 0 Å². The number of hydrogen-bond acceptors (Lipinski definition) is 3. The maximum absolute atomic E-state index is 11.3. The molecule has 3 nitrogen and oxygen atoms in total. The Kier molecular flexibility index (Phi) is 2.52. The van der Waals surface area contributed by atoms with Gasteiger partial charge in [-0.05, 0) is 25.2 Å². The molecule has 80 valence electrons. The monoisotopic (exact) mass is 198 g/mol. The van der Waals surface area contributed by atoms with Crippen LogP contribution >= 0.6 is 0 Å². The average Bonchev–Trinajstić information content (AvgIpc) is 2.92. The van der Waals surface area contributed by atoms with Gasteiger partial charge >= 0.3 is 5.97 Å². The molecule has 3 heteroatoms. The van der Waals surface area contributed by atoms with E-state index in [0.29, 0.717) is 0 Å². The number of hydrogen-bond donors (Lipinski definition) is 0. The first kappa shape index (κ1) is 9.97. The van der Waals surface area contributed by atoms with Gasteiger partial charge in [0.05, 0.1) is 7.11 Å². The maximum Gasteiger partial charge on any atom is 0.338 e. The summed E-state index contributed by atoms with van der Waals surface area (Å²) < 4.78 is 10.3. The van der Waals surface area contributed by atoms with Crippen LogP contribution < -0.4 is 0 Å². The van der Waals surface area contributed by atoms with Gasteiger partial charge in [-0.2, -0.15) is 0 Å². The third-order valence-corrected chi connectivity index (χ3v) is 3.55. The third-order valence-electron chi connectivity index (χ3n) is 3.55. The van der Waals surface area contributed by atoms with Gasteiger partial charge in [-0.3, -0.25) is 0 Å². The van der Waals surface area contributed by atoms with Crippen LogP contribution in [0.4, 0.5) is 0 Å². The Morgan fingerprint density at radius 3 is 2.93 bits per heavy atom. The number of rotatable bonds is 1. The molecule has 1 aliphatic heterocycles. The summed E-state index contributed by atoms with van der Waals surface area (Å²) in [5.74, 6) is 0.580.